The van der Waals surface area contributed by atoms with Gasteiger partial charge in [-0.05, 0) is 38.5 Å². The Morgan fingerprint density at radius 3 is 1.94 bits per heavy atom. The molecule has 0 heterocycles. The highest BCUT2D eigenvalue weighted by atomic mass is 32.1. The van der Waals surface area contributed by atoms with Crippen LogP contribution in [0.3, 0.4) is 0 Å². The van der Waals surface area contributed by atoms with Crippen LogP contribution in [0.15, 0.2) is 0 Å². The van der Waals surface area contributed by atoms with E-state index in [2.05, 4.69) is 32.2 Å². The second kappa shape index (κ2) is 8.26. The second-order valence-electron chi connectivity index (χ2n) is 5.92. The Labute approximate surface area is 140 Å². The summed E-state index contributed by atoms with van der Waals surface area (Å²) in [6.07, 6.45) is 7.70. The third kappa shape index (κ3) is 7.51. The van der Waals surface area contributed by atoms with Gasteiger partial charge in [-0.25, -0.2) is 0 Å². The minimum Gasteiger partial charge on any atom is -0.176 e. The van der Waals surface area contributed by atoms with Crippen molar-refractivity contribution in [3.8, 4) is 0 Å². The molecular weight excluding hydrogens is 316 g/mol. The standard InChI is InChI=1S/C13H26S5/c1-13(18)7-10(15)4-2-3-9(14)5-11(16)6-12(17)8-13/h9-12,14-18H,2-8H2,1H3. The van der Waals surface area contributed by atoms with Crippen molar-refractivity contribution in [1.82, 2.24) is 0 Å². The second-order valence-corrected chi connectivity index (χ2v) is 9.92. The highest BCUT2D eigenvalue weighted by Gasteiger charge is 2.27. The van der Waals surface area contributed by atoms with Crippen LogP contribution in [0.4, 0.5) is 0 Å². The summed E-state index contributed by atoms with van der Waals surface area (Å²) in [5, 5.41) is 1.69. The molecule has 5 heteroatoms. The molecule has 1 saturated carbocycles. The number of hydrogen-bond acceptors (Lipinski definition) is 5. The molecule has 0 nitrogen and oxygen atoms in total. The van der Waals surface area contributed by atoms with E-state index in [-0.39, 0.29) is 4.75 Å². The van der Waals surface area contributed by atoms with E-state index in [1.165, 1.54) is 6.42 Å². The van der Waals surface area contributed by atoms with Gasteiger partial charge < -0.3 is 0 Å². The Morgan fingerprint density at radius 2 is 1.28 bits per heavy atom. The lowest BCUT2D eigenvalue weighted by Gasteiger charge is -2.31. The first kappa shape index (κ1) is 17.8. The van der Waals surface area contributed by atoms with Crippen molar-refractivity contribution < 1.29 is 0 Å². The van der Waals surface area contributed by atoms with Crippen molar-refractivity contribution >= 4 is 63.1 Å². The van der Waals surface area contributed by atoms with Crippen LogP contribution in [0, 0.1) is 0 Å². The monoisotopic (exact) mass is 342 g/mol. The van der Waals surface area contributed by atoms with E-state index in [0.717, 1.165) is 38.5 Å². The number of thiol groups is 5. The molecule has 0 N–H and O–H groups in total. The first-order valence-corrected chi connectivity index (χ1v) is 9.24. The van der Waals surface area contributed by atoms with Gasteiger partial charge in [0.15, 0.2) is 0 Å². The maximum Gasteiger partial charge on any atom is 0.0122 e. The van der Waals surface area contributed by atoms with Gasteiger partial charge in [-0.15, -0.1) is 0 Å². The number of rotatable bonds is 0. The highest BCUT2D eigenvalue weighted by Crippen LogP contribution is 2.34. The van der Waals surface area contributed by atoms with Gasteiger partial charge in [-0.3, -0.25) is 0 Å². The Balaban J connectivity index is 2.62. The molecule has 0 aromatic carbocycles. The maximum atomic E-state index is 4.81. The molecule has 0 saturated heterocycles. The van der Waals surface area contributed by atoms with Gasteiger partial charge in [0.2, 0.25) is 0 Å². The van der Waals surface area contributed by atoms with Crippen molar-refractivity contribution in [2.75, 3.05) is 0 Å². The molecule has 1 rings (SSSR count). The van der Waals surface area contributed by atoms with E-state index in [9.17, 15) is 0 Å². The average molecular weight is 343 g/mol. The summed E-state index contributed by atoms with van der Waals surface area (Å²) in [6, 6.07) is 0. The molecule has 0 aromatic heterocycles. The molecule has 0 aliphatic heterocycles. The summed E-state index contributed by atoms with van der Waals surface area (Å²) in [4.78, 5) is 0. The fraction of sp³-hybridized carbons (Fsp3) is 1.00. The van der Waals surface area contributed by atoms with Crippen molar-refractivity contribution in [1.29, 1.82) is 0 Å². The van der Waals surface area contributed by atoms with Crippen LogP contribution in [0.1, 0.15) is 51.9 Å². The molecule has 0 aromatic rings. The zero-order valence-electron chi connectivity index (χ0n) is 11.0. The Kier molecular flexibility index (Phi) is 8.16. The van der Waals surface area contributed by atoms with Crippen molar-refractivity contribution in [3.05, 3.63) is 0 Å². The normalized spacial score (nSPS) is 45.0. The zero-order valence-corrected chi connectivity index (χ0v) is 15.5. The summed E-state index contributed by atoms with van der Waals surface area (Å²) >= 11 is 23.6. The molecule has 1 aliphatic carbocycles. The maximum absolute atomic E-state index is 4.81. The molecule has 5 atom stereocenters. The minimum absolute atomic E-state index is 0.0336. The summed E-state index contributed by atoms with van der Waals surface area (Å²) in [7, 11) is 0. The molecule has 0 radical (unpaired) electrons. The van der Waals surface area contributed by atoms with E-state index in [1.54, 1.807) is 0 Å². The summed E-state index contributed by atoms with van der Waals surface area (Å²) < 4.78 is 0.0336. The molecule has 5 unspecified atom stereocenters. The van der Waals surface area contributed by atoms with Crippen LogP contribution in [0.25, 0.3) is 0 Å². The molecular formula is C13H26S5. The van der Waals surface area contributed by atoms with Crippen molar-refractivity contribution in [2.45, 2.75) is 77.6 Å². The minimum atomic E-state index is 0.0336. The van der Waals surface area contributed by atoms with Gasteiger partial charge in [0, 0.05) is 25.7 Å². The highest BCUT2D eigenvalue weighted by molar-refractivity contribution is 7.83. The van der Waals surface area contributed by atoms with Crippen LogP contribution in [-0.4, -0.2) is 25.7 Å². The molecule has 18 heavy (non-hydrogen) atoms. The van der Waals surface area contributed by atoms with Crippen LogP contribution < -0.4 is 0 Å². The molecule has 1 aliphatic rings. The molecule has 1 fully saturated rings. The van der Waals surface area contributed by atoms with E-state index >= 15 is 0 Å². The summed E-state index contributed by atoms with van der Waals surface area (Å²) in [5.74, 6) is 0. The third-order valence-electron chi connectivity index (χ3n) is 3.51. The summed E-state index contributed by atoms with van der Waals surface area (Å²) in [5.41, 5.74) is 0. The fourth-order valence-corrected chi connectivity index (χ4v) is 5.97. The van der Waals surface area contributed by atoms with Crippen LogP contribution >= 0.6 is 63.1 Å². The third-order valence-corrected chi connectivity index (χ3v) is 5.60. The van der Waals surface area contributed by atoms with E-state index < -0.39 is 0 Å². The topological polar surface area (TPSA) is 0 Å². The van der Waals surface area contributed by atoms with E-state index in [4.69, 9.17) is 37.9 Å². The Morgan fingerprint density at radius 1 is 0.778 bits per heavy atom. The summed E-state index contributed by atoms with van der Waals surface area (Å²) in [6.45, 7) is 2.21. The molecule has 0 spiro atoms. The van der Waals surface area contributed by atoms with Gasteiger partial charge in [0.1, 0.15) is 0 Å². The zero-order chi connectivity index (χ0) is 13.8. The first-order valence-electron chi connectivity index (χ1n) is 6.73. The quantitative estimate of drug-likeness (QED) is 0.390. The van der Waals surface area contributed by atoms with Crippen molar-refractivity contribution in [2.24, 2.45) is 0 Å². The first-order chi connectivity index (χ1) is 8.28. The van der Waals surface area contributed by atoms with Crippen LogP contribution in [0.5, 0.6) is 0 Å². The molecule has 108 valence electrons. The molecule has 0 bridgehead atoms. The lowest BCUT2D eigenvalue weighted by Crippen LogP contribution is -2.28. The Hall–Kier alpha value is 1.75. The van der Waals surface area contributed by atoms with Gasteiger partial charge >= 0.3 is 0 Å². The van der Waals surface area contributed by atoms with Gasteiger partial charge in [-0.2, -0.15) is 63.1 Å². The SMILES string of the molecule is CC1(S)CC(S)CCCC(S)CC(S)CC(S)C1. The van der Waals surface area contributed by atoms with Crippen LogP contribution in [0.2, 0.25) is 0 Å². The average Bonchev–Trinajstić information content (AvgIpc) is 2.12. The van der Waals surface area contributed by atoms with Gasteiger partial charge in [0.25, 0.3) is 0 Å². The predicted molar refractivity (Wildman–Crippen MR) is 101 cm³/mol. The van der Waals surface area contributed by atoms with E-state index in [1.807, 2.05) is 0 Å². The predicted octanol–water partition coefficient (Wildman–Crippen LogP) is 4.61. The number of hydrogen-bond donors (Lipinski definition) is 5. The largest absolute Gasteiger partial charge is 0.176 e. The lowest BCUT2D eigenvalue weighted by molar-refractivity contribution is 0.475. The van der Waals surface area contributed by atoms with Gasteiger partial charge in [-0.1, -0.05) is 13.3 Å². The molecule has 0 amide bonds. The lowest BCUT2D eigenvalue weighted by atomic mass is 9.92. The van der Waals surface area contributed by atoms with Crippen molar-refractivity contribution in [3.63, 3.8) is 0 Å². The van der Waals surface area contributed by atoms with Crippen LogP contribution in [-0.2, 0) is 0 Å². The fourth-order valence-electron chi connectivity index (χ4n) is 2.72. The smallest absolute Gasteiger partial charge is 0.0122 e. The van der Waals surface area contributed by atoms with E-state index in [0.29, 0.717) is 21.0 Å². The van der Waals surface area contributed by atoms with Gasteiger partial charge in [0.05, 0.1) is 0 Å². The Bertz CT molecular complexity index is 244.